The number of halogens is 1. The van der Waals surface area contributed by atoms with Crippen molar-refractivity contribution in [3.05, 3.63) is 94.2 Å². The summed E-state index contributed by atoms with van der Waals surface area (Å²) in [6.07, 6.45) is 0. The molecule has 0 spiro atoms. The molecule has 0 radical (unpaired) electrons. The number of carbonyl (C=O) groups is 1. The van der Waals surface area contributed by atoms with Crippen LogP contribution in [0.3, 0.4) is 0 Å². The van der Waals surface area contributed by atoms with Crippen LogP contribution < -0.4 is 4.90 Å². The number of nitriles is 1. The summed E-state index contributed by atoms with van der Waals surface area (Å²) in [7, 11) is -1.60. The van der Waals surface area contributed by atoms with Gasteiger partial charge in [-0.2, -0.15) is 5.26 Å². The smallest absolute Gasteiger partial charge is 0.355 e. The van der Waals surface area contributed by atoms with Gasteiger partial charge in [-0.1, -0.05) is 41.5 Å². The Morgan fingerprint density at radius 2 is 1.80 bits per heavy atom. The predicted molar refractivity (Wildman–Crippen MR) is 156 cm³/mol. The maximum absolute atomic E-state index is 14.3. The molecule has 1 atom stereocenters. The molecular formula is C31H24FN3O3S2. The van der Waals surface area contributed by atoms with E-state index in [0.717, 1.165) is 50.1 Å². The number of carbonyl (C=O) groups excluding carboxylic acids is 1. The van der Waals surface area contributed by atoms with E-state index in [1.165, 1.54) is 11.3 Å². The maximum Gasteiger partial charge on any atom is 0.355 e. The molecule has 0 N–H and O–H groups in total. The second kappa shape index (κ2) is 10.4. The van der Waals surface area contributed by atoms with Gasteiger partial charge >= 0.3 is 5.97 Å². The summed E-state index contributed by atoms with van der Waals surface area (Å²) in [5, 5.41) is 12.8. The summed E-state index contributed by atoms with van der Waals surface area (Å²) in [6.45, 7) is 4.70. The highest BCUT2D eigenvalue weighted by Crippen LogP contribution is 2.45. The topological polar surface area (TPSA) is 75.3 Å². The van der Waals surface area contributed by atoms with E-state index < -0.39 is 22.9 Å². The summed E-state index contributed by atoms with van der Waals surface area (Å²) < 4.78 is 28.6. The van der Waals surface area contributed by atoms with E-state index in [4.69, 9.17) is 0 Å². The Labute approximate surface area is 237 Å². The van der Waals surface area contributed by atoms with Crippen LogP contribution in [0.2, 0.25) is 0 Å². The van der Waals surface area contributed by atoms with Gasteiger partial charge in [0.05, 0.1) is 22.0 Å². The molecule has 6 nitrogen and oxygen atoms in total. The van der Waals surface area contributed by atoms with Crippen molar-refractivity contribution in [2.24, 2.45) is 5.92 Å². The summed E-state index contributed by atoms with van der Waals surface area (Å²) in [6, 6.07) is 25.8. The fraction of sp³-hybridized carbons (Fsp3) is 0.161. The molecule has 1 aliphatic rings. The highest BCUT2D eigenvalue weighted by atomic mass is 32.2. The van der Waals surface area contributed by atoms with Gasteiger partial charge in [0.1, 0.15) is 10.9 Å². The van der Waals surface area contributed by atoms with Gasteiger partial charge < -0.3 is 4.90 Å². The zero-order valence-electron chi connectivity index (χ0n) is 21.8. The van der Waals surface area contributed by atoms with E-state index in [1.807, 2.05) is 94.8 Å². The van der Waals surface area contributed by atoms with Gasteiger partial charge in [0, 0.05) is 45.4 Å². The molecule has 0 aliphatic carbocycles. The lowest BCUT2D eigenvalue weighted by atomic mass is 9.96. The second-order valence-electron chi connectivity index (χ2n) is 9.92. The lowest BCUT2D eigenvalue weighted by Crippen LogP contribution is -2.50. The van der Waals surface area contributed by atoms with Crippen molar-refractivity contribution < 1.29 is 18.5 Å². The first-order valence-electron chi connectivity index (χ1n) is 12.7. The Morgan fingerprint density at radius 1 is 1.05 bits per heavy atom. The lowest BCUT2D eigenvalue weighted by Gasteiger charge is -2.38. The fourth-order valence-corrected chi connectivity index (χ4v) is 7.16. The van der Waals surface area contributed by atoms with Crippen molar-refractivity contribution in [1.29, 1.82) is 5.26 Å². The number of hydrogen-bond acceptors (Lipinski definition) is 6. The minimum absolute atomic E-state index is 0.347. The molecular weight excluding hydrogens is 545 g/mol. The van der Waals surface area contributed by atoms with E-state index >= 15 is 0 Å². The predicted octanol–water partition coefficient (Wildman–Crippen LogP) is 6.96. The van der Waals surface area contributed by atoms with Crippen LogP contribution in [0.5, 0.6) is 0 Å². The lowest BCUT2D eigenvalue weighted by molar-refractivity contribution is -0.189. The largest absolute Gasteiger partial charge is 0.370 e. The number of nitrogens with zero attached hydrogens (tertiary/aromatic N) is 3. The van der Waals surface area contributed by atoms with Gasteiger partial charge in [0.25, 0.3) is 0 Å². The molecule has 9 heteroatoms. The minimum atomic E-state index is -1.60. The first kappa shape index (κ1) is 26.0. The average molecular weight is 570 g/mol. The highest BCUT2D eigenvalue weighted by Gasteiger charge is 2.35. The van der Waals surface area contributed by atoms with Crippen LogP contribution in [0.15, 0.2) is 83.1 Å². The van der Waals surface area contributed by atoms with Crippen LogP contribution >= 0.6 is 11.3 Å². The molecule has 3 aromatic carbocycles. The molecule has 1 saturated heterocycles. The fourth-order valence-electron chi connectivity index (χ4n) is 5.19. The van der Waals surface area contributed by atoms with Crippen LogP contribution in [0, 0.1) is 31.1 Å². The van der Waals surface area contributed by atoms with Gasteiger partial charge in [-0.3, -0.25) is 8.91 Å². The molecule has 200 valence electrons. The molecule has 0 bridgehead atoms. The van der Waals surface area contributed by atoms with E-state index in [2.05, 4.69) is 17.1 Å². The van der Waals surface area contributed by atoms with Crippen LogP contribution in [0.25, 0.3) is 33.3 Å². The number of fused-ring (bicyclic) bond motifs is 1. The zero-order valence-corrected chi connectivity index (χ0v) is 23.4. The molecule has 1 fully saturated rings. The number of benzene rings is 3. The third kappa shape index (κ3) is 4.39. The summed E-state index contributed by atoms with van der Waals surface area (Å²) in [4.78, 5) is 18.2. The number of aryl methyl sites for hydroxylation is 2. The Morgan fingerprint density at radius 3 is 2.52 bits per heavy atom. The Hall–Kier alpha value is -4.26. The Balaban J connectivity index is 1.60. The van der Waals surface area contributed by atoms with Crippen LogP contribution in [0.1, 0.15) is 16.0 Å². The standard InChI is InChI=1S/C31H24FN3O3S2/c1-19-6-9-24(10-7-19)40(37)35-27-11-8-20(2)14-26(27)29(25-12-13-39-28(25)16-33)30(35)21-4-3-5-23(15-21)34-17-22(18-34)31(36)38-32/h3-15,22H,17-18H2,1-2H3. The molecule has 2 aromatic heterocycles. The van der Waals surface area contributed by atoms with Crippen molar-refractivity contribution in [2.45, 2.75) is 18.7 Å². The number of rotatable bonds is 6. The van der Waals surface area contributed by atoms with Crippen LogP contribution in [-0.2, 0) is 20.7 Å². The van der Waals surface area contributed by atoms with Crippen molar-refractivity contribution in [3.63, 3.8) is 0 Å². The number of hydrogen-bond donors (Lipinski definition) is 0. The highest BCUT2D eigenvalue weighted by molar-refractivity contribution is 7.83. The van der Waals surface area contributed by atoms with Crippen LogP contribution in [0.4, 0.5) is 10.2 Å². The molecule has 1 unspecified atom stereocenters. The first-order chi connectivity index (χ1) is 19.4. The Bertz CT molecular complexity index is 1830. The average Bonchev–Trinajstić information content (AvgIpc) is 3.54. The molecule has 3 heterocycles. The Kier molecular flexibility index (Phi) is 6.74. The molecule has 40 heavy (non-hydrogen) atoms. The van der Waals surface area contributed by atoms with E-state index in [9.17, 15) is 18.8 Å². The molecule has 5 aromatic rings. The van der Waals surface area contributed by atoms with Gasteiger partial charge in [-0.25, -0.2) is 9.00 Å². The maximum atomic E-state index is 14.3. The summed E-state index contributed by atoms with van der Waals surface area (Å²) in [5.41, 5.74) is 6.95. The number of anilines is 1. The van der Waals surface area contributed by atoms with Crippen molar-refractivity contribution in [3.8, 4) is 28.5 Å². The van der Waals surface area contributed by atoms with E-state index in [-0.39, 0.29) is 0 Å². The minimum Gasteiger partial charge on any atom is -0.370 e. The van der Waals surface area contributed by atoms with Gasteiger partial charge in [0.15, 0.2) is 11.0 Å². The zero-order chi connectivity index (χ0) is 28.0. The van der Waals surface area contributed by atoms with Crippen molar-refractivity contribution in [2.75, 3.05) is 18.0 Å². The molecule has 1 aliphatic heterocycles. The molecule has 6 rings (SSSR count). The van der Waals surface area contributed by atoms with E-state index in [0.29, 0.717) is 22.9 Å². The quantitative estimate of drug-likeness (QED) is 0.221. The monoisotopic (exact) mass is 569 g/mol. The van der Waals surface area contributed by atoms with E-state index in [1.54, 1.807) is 0 Å². The van der Waals surface area contributed by atoms with Crippen LogP contribution in [-0.4, -0.2) is 27.2 Å². The first-order valence-corrected chi connectivity index (χ1v) is 14.7. The second-order valence-corrected chi connectivity index (χ2v) is 12.2. The third-order valence-corrected chi connectivity index (χ3v) is 9.49. The number of aromatic nitrogens is 1. The SMILES string of the molecule is Cc1ccc(S(=O)n2c(-c3cccc(N4CC(C(=O)OF)C4)c3)c(-c3ccsc3C#N)c3cc(C)ccc32)cc1. The molecule has 0 amide bonds. The summed E-state index contributed by atoms with van der Waals surface area (Å²) in [5.74, 6) is -1.38. The van der Waals surface area contributed by atoms with Gasteiger partial charge in [0.2, 0.25) is 0 Å². The van der Waals surface area contributed by atoms with Crippen molar-refractivity contribution >= 4 is 44.9 Å². The summed E-state index contributed by atoms with van der Waals surface area (Å²) >= 11 is 1.37. The third-order valence-electron chi connectivity index (χ3n) is 7.28. The molecule has 0 saturated carbocycles. The number of thiophene rings is 1. The van der Waals surface area contributed by atoms with Gasteiger partial charge in [-0.15, -0.1) is 11.3 Å². The normalized spacial score (nSPS) is 14.1. The van der Waals surface area contributed by atoms with Crippen molar-refractivity contribution in [1.82, 2.24) is 3.97 Å². The van der Waals surface area contributed by atoms with Gasteiger partial charge in [-0.05, 0) is 61.7 Å².